The van der Waals surface area contributed by atoms with E-state index in [-0.39, 0.29) is 28.4 Å². The lowest BCUT2D eigenvalue weighted by Crippen LogP contribution is -2.38. The minimum Gasteiger partial charge on any atom is -0.339 e. The molecule has 2 aromatic rings. The van der Waals surface area contributed by atoms with Gasteiger partial charge in [0.1, 0.15) is 5.69 Å². The number of pyridine rings is 1. The van der Waals surface area contributed by atoms with Gasteiger partial charge in [0.2, 0.25) is 0 Å². The van der Waals surface area contributed by atoms with Crippen molar-refractivity contribution in [2.24, 2.45) is 13.0 Å². The summed E-state index contributed by atoms with van der Waals surface area (Å²) in [5.41, 5.74) is -0.115. The van der Waals surface area contributed by atoms with Crippen LogP contribution >= 0.6 is 0 Å². The Morgan fingerprint density at radius 2 is 1.90 bits per heavy atom. The third-order valence-corrected chi connectivity index (χ3v) is 5.50. The smallest absolute Gasteiger partial charge is 0.274 e. The normalized spacial score (nSPS) is 14.4. The Labute approximate surface area is 173 Å². The van der Waals surface area contributed by atoms with Gasteiger partial charge in [-0.25, -0.2) is 0 Å². The number of carbonyl (C=O) groups is 2. The molecule has 1 aliphatic heterocycles. The Morgan fingerprint density at radius 3 is 2.53 bits per heavy atom. The summed E-state index contributed by atoms with van der Waals surface area (Å²) in [5, 5.41) is 13.6. The summed E-state index contributed by atoms with van der Waals surface area (Å²) in [5.74, 6) is -0.272. The molecule has 0 unspecified atom stereocenters. The Kier molecular flexibility index (Phi) is 6.00. The van der Waals surface area contributed by atoms with Gasteiger partial charge in [-0.15, -0.1) is 0 Å². The fraction of sp³-hybridized carbons (Fsp3) is 0.381. The Balaban J connectivity index is 1.89. The van der Waals surface area contributed by atoms with Gasteiger partial charge in [-0.3, -0.25) is 24.5 Å². The quantitative estimate of drug-likeness (QED) is 0.612. The lowest BCUT2D eigenvalue weighted by atomic mass is 9.99. The van der Waals surface area contributed by atoms with Crippen LogP contribution in [0.5, 0.6) is 0 Å². The highest BCUT2D eigenvalue weighted by atomic mass is 16.6. The van der Waals surface area contributed by atoms with Crippen molar-refractivity contribution in [1.82, 2.24) is 9.47 Å². The zero-order valence-electron chi connectivity index (χ0n) is 17.2. The first-order valence-electron chi connectivity index (χ1n) is 9.74. The van der Waals surface area contributed by atoms with Gasteiger partial charge in [-0.2, -0.15) is 0 Å². The van der Waals surface area contributed by atoms with Crippen molar-refractivity contribution in [3.63, 3.8) is 0 Å². The van der Waals surface area contributed by atoms with Crippen LogP contribution in [0, 0.1) is 23.0 Å². The summed E-state index contributed by atoms with van der Waals surface area (Å²) < 4.78 is 1.25. The molecule has 1 aromatic heterocycles. The predicted octanol–water partition coefficient (Wildman–Crippen LogP) is 2.73. The highest BCUT2D eigenvalue weighted by Gasteiger charge is 2.24. The molecule has 2 amide bonds. The van der Waals surface area contributed by atoms with Gasteiger partial charge in [0.25, 0.3) is 23.1 Å². The first-order valence-corrected chi connectivity index (χ1v) is 9.74. The molecule has 158 valence electrons. The van der Waals surface area contributed by atoms with Crippen molar-refractivity contribution in [2.45, 2.75) is 26.7 Å². The lowest BCUT2D eigenvalue weighted by Gasteiger charge is -2.30. The number of hydrogen-bond acceptors (Lipinski definition) is 5. The van der Waals surface area contributed by atoms with Crippen LogP contribution in [-0.2, 0) is 7.05 Å². The third kappa shape index (κ3) is 4.24. The number of aromatic nitrogens is 1. The second-order valence-corrected chi connectivity index (χ2v) is 7.69. The summed E-state index contributed by atoms with van der Waals surface area (Å²) in [7, 11) is 1.51. The maximum atomic E-state index is 12.9. The van der Waals surface area contributed by atoms with Crippen LogP contribution in [0.3, 0.4) is 0 Å². The monoisotopic (exact) mass is 412 g/mol. The zero-order valence-corrected chi connectivity index (χ0v) is 17.2. The highest BCUT2D eigenvalue weighted by molar-refractivity contribution is 6.06. The molecule has 0 saturated carbocycles. The Morgan fingerprint density at radius 1 is 1.23 bits per heavy atom. The molecule has 0 radical (unpaired) electrons. The second kappa shape index (κ2) is 8.48. The van der Waals surface area contributed by atoms with Crippen LogP contribution < -0.4 is 10.9 Å². The summed E-state index contributed by atoms with van der Waals surface area (Å²) in [4.78, 5) is 50.4. The van der Waals surface area contributed by atoms with Crippen LogP contribution in [0.1, 0.15) is 46.0 Å². The Bertz CT molecular complexity index is 1070. The SMILES string of the molecule is Cc1c(C(=O)Nc2cc(C(=O)N3CCC(C)CC3)cn(C)c2=O)cccc1[N+](=O)[O-]. The maximum Gasteiger partial charge on any atom is 0.274 e. The van der Waals surface area contributed by atoms with Crippen LogP contribution in [0.2, 0.25) is 0 Å². The number of likely N-dealkylation sites (tertiary alicyclic amines) is 1. The van der Waals surface area contributed by atoms with E-state index < -0.39 is 16.4 Å². The molecule has 30 heavy (non-hydrogen) atoms. The summed E-state index contributed by atoms with van der Waals surface area (Å²) in [6.45, 7) is 4.93. The van der Waals surface area contributed by atoms with Gasteiger partial charge < -0.3 is 14.8 Å². The van der Waals surface area contributed by atoms with Gasteiger partial charge in [-0.05, 0) is 37.8 Å². The molecule has 0 aliphatic carbocycles. The zero-order chi connectivity index (χ0) is 22.0. The molecule has 1 N–H and O–H groups in total. The molecule has 1 fully saturated rings. The second-order valence-electron chi connectivity index (χ2n) is 7.69. The molecule has 1 aromatic carbocycles. The average molecular weight is 412 g/mol. The first-order chi connectivity index (χ1) is 14.2. The van der Waals surface area contributed by atoms with Crippen LogP contribution in [0.25, 0.3) is 0 Å². The number of anilines is 1. The van der Waals surface area contributed by atoms with Crippen molar-refractivity contribution < 1.29 is 14.5 Å². The maximum absolute atomic E-state index is 12.9. The molecular weight excluding hydrogens is 388 g/mol. The number of nitrogens with zero attached hydrogens (tertiary/aromatic N) is 3. The molecule has 9 nitrogen and oxygen atoms in total. The van der Waals surface area contributed by atoms with Crippen molar-refractivity contribution in [2.75, 3.05) is 18.4 Å². The average Bonchev–Trinajstić information content (AvgIpc) is 2.71. The van der Waals surface area contributed by atoms with E-state index in [1.807, 2.05) is 0 Å². The van der Waals surface area contributed by atoms with E-state index in [0.29, 0.717) is 24.6 Å². The van der Waals surface area contributed by atoms with E-state index in [2.05, 4.69) is 12.2 Å². The van der Waals surface area contributed by atoms with Gasteiger partial charge in [0.15, 0.2) is 0 Å². The van der Waals surface area contributed by atoms with Gasteiger partial charge in [0, 0.05) is 43.5 Å². The number of nitro groups is 1. The van der Waals surface area contributed by atoms with Gasteiger partial charge in [-0.1, -0.05) is 13.0 Å². The largest absolute Gasteiger partial charge is 0.339 e. The molecular formula is C21H24N4O5. The summed E-state index contributed by atoms with van der Waals surface area (Å²) >= 11 is 0. The number of carbonyl (C=O) groups excluding carboxylic acids is 2. The Hall–Kier alpha value is -3.49. The van der Waals surface area contributed by atoms with Crippen LogP contribution in [-0.4, -0.2) is 39.3 Å². The molecule has 2 heterocycles. The van der Waals surface area contributed by atoms with Crippen molar-refractivity contribution in [3.05, 3.63) is 67.6 Å². The number of nitrogens with one attached hydrogen (secondary N) is 1. The van der Waals surface area contributed by atoms with Gasteiger partial charge >= 0.3 is 0 Å². The van der Waals surface area contributed by atoms with E-state index >= 15 is 0 Å². The number of rotatable bonds is 4. The van der Waals surface area contributed by atoms with Crippen molar-refractivity contribution >= 4 is 23.2 Å². The molecule has 1 saturated heterocycles. The predicted molar refractivity (Wildman–Crippen MR) is 112 cm³/mol. The summed E-state index contributed by atoms with van der Waals surface area (Å²) in [6.07, 6.45) is 3.30. The third-order valence-electron chi connectivity index (χ3n) is 5.50. The number of nitro benzene ring substituents is 1. The molecule has 3 rings (SSSR count). The standard InChI is InChI=1S/C21H24N4O5/c1-13-7-9-24(10-8-13)20(27)15-11-17(21(28)23(3)12-15)22-19(26)16-5-4-6-18(14(16)2)25(29)30/h4-6,11-13H,7-10H2,1-3H3,(H,22,26). The minimum absolute atomic E-state index is 0.0513. The fourth-order valence-electron chi connectivity index (χ4n) is 3.57. The fourth-order valence-corrected chi connectivity index (χ4v) is 3.57. The molecule has 1 aliphatic rings. The number of benzene rings is 1. The molecule has 9 heteroatoms. The van der Waals surface area contributed by atoms with E-state index in [4.69, 9.17) is 0 Å². The van der Waals surface area contributed by atoms with E-state index in [1.54, 1.807) is 4.90 Å². The molecule has 0 atom stereocenters. The number of amides is 2. The molecule has 0 bridgehead atoms. The van der Waals surface area contributed by atoms with Crippen LogP contribution in [0.4, 0.5) is 11.4 Å². The van der Waals surface area contributed by atoms with E-state index in [9.17, 15) is 24.5 Å². The van der Waals surface area contributed by atoms with Crippen molar-refractivity contribution in [1.29, 1.82) is 0 Å². The van der Waals surface area contributed by atoms with Crippen LogP contribution in [0.15, 0.2) is 35.3 Å². The minimum atomic E-state index is -0.648. The highest BCUT2D eigenvalue weighted by Crippen LogP contribution is 2.22. The van der Waals surface area contributed by atoms with E-state index in [1.165, 1.54) is 49.0 Å². The first kappa shape index (κ1) is 21.2. The van der Waals surface area contributed by atoms with Gasteiger partial charge in [0.05, 0.1) is 10.5 Å². The lowest BCUT2D eigenvalue weighted by molar-refractivity contribution is -0.385. The topological polar surface area (TPSA) is 115 Å². The number of hydrogen-bond donors (Lipinski definition) is 1. The number of piperidine rings is 1. The molecule has 0 spiro atoms. The van der Waals surface area contributed by atoms with E-state index in [0.717, 1.165) is 12.8 Å². The summed E-state index contributed by atoms with van der Waals surface area (Å²) in [6, 6.07) is 5.54. The number of aryl methyl sites for hydroxylation is 1. The van der Waals surface area contributed by atoms with Crippen molar-refractivity contribution in [3.8, 4) is 0 Å².